The summed E-state index contributed by atoms with van der Waals surface area (Å²) in [5, 5.41) is 20.1. The van der Waals surface area contributed by atoms with Crippen molar-refractivity contribution in [3.8, 4) is 0 Å². The number of hydrogen-bond acceptors (Lipinski definition) is 6. The maximum absolute atomic E-state index is 13.6. The van der Waals surface area contributed by atoms with E-state index in [4.69, 9.17) is 28.2 Å². The number of β-amino-alcohol motifs (C(OH)–C–C–N with tert-alkyl or cyclic N) is 1. The largest absolute Gasteiger partial charge is 0.391 e. The van der Waals surface area contributed by atoms with Crippen molar-refractivity contribution in [3.05, 3.63) is 45.4 Å². The number of nitrogens with one attached hydrogen (secondary N) is 3. The lowest BCUT2D eigenvalue weighted by Crippen LogP contribution is -2.60. The predicted molar refractivity (Wildman–Crippen MR) is 174 cm³/mol. The number of hydrogen-bond donors (Lipinski definition) is 4. The fourth-order valence-electron chi connectivity index (χ4n) is 5.96. The summed E-state index contributed by atoms with van der Waals surface area (Å²) in [6.07, 6.45) is -3.81. The summed E-state index contributed by atoms with van der Waals surface area (Å²) < 4.78 is 41.3. The second-order valence-electron chi connectivity index (χ2n) is 13.7. The van der Waals surface area contributed by atoms with Crippen LogP contribution in [0.15, 0.2) is 24.3 Å². The molecule has 2 heterocycles. The number of alkyl halides is 3. The Kier molecular flexibility index (Phi) is 9.22. The topological polar surface area (TPSA) is 112 Å². The molecule has 0 unspecified atom stereocenters. The number of aromatic nitrogens is 2. The van der Waals surface area contributed by atoms with E-state index in [0.717, 1.165) is 0 Å². The van der Waals surface area contributed by atoms with E-state index in [1.54, 1.807) is 36.7 Å². The van der Waals surface area contributed by atoms with E-state index in [1.165, 1.54) is 0 Å². The summed E-state index contributed by atoms with van der Waals surface area (Å²) in [6, 6.07) is 6.51. The first-order valence-electron chi connectivity index (χ1n) is 15.2. The van der Waals surface area contributed by atoms with Crippen LogP contribution in [-0.2, 0) is 18.4 Å². The minimum absolute atomic E-state index is 0.0279. The third-order valence-electron chi connectivity index (χ3n) is 8.70. The van der Waals surface area contributed by atoms with Gasteiger partial charge in [-0.15, -0.1) is 0 Å². The highest BCUT2D eigenvalue weighted by Gasteiger charge is 2.42. The van der Waals surface area contributed by atoms with Crippen LogP contribution in [0.4, 0.5) is 30.5 Å². The lowest BCUT2D eigenvalue weighted by molar-refractivity contribution is -0.182. The zero-order valence-corrected chi connectivity index (χ0v) is 27.9. The van der Waals surface area contributed by atoms with E-state index in [1.807, 2.05) is 31.7 Å². The van der Waals surface area contributed by atoms with Gasteiger partial charge in [0.2, 0.25) is 11.9 Å². The molecule has 0 radical (unpaired) electrons. The SMILES string of the molecule is Cn1c(Nc2c(Cl)ccc(CNC(=O)C(C)(C)C)c2Cl)nc2cc(C(=O)NC3CCC(C(F)(F)F)CC3)c(N3CC(C)(O)C3)cc21. The number of fused-ring (bicyclic) bond motifs is 1. The average Bonchev–Trinajstić information content (AvgIpc) is 3.25. The van der Waals surface area contributed by atoms with Crippen LogP contribution in [0.25, 0.3) is 11.0 Å². The van der Waals surface area contributed by atoms with Crippen molar-refractivity contribution in [2.75, 3.05) is 23.3 Å². The first kappa shape index (κ1) is 34.1. The summed E-state index contributed by atoms with van der Waals surface area (Å²) in [5.41, 5.74) is 1.65. The molecule has 2 aliphatic rings. The summed E-state index contributed by atoms with van der Waals surface area (Å²) in [6.45, 7) is 7.98. The number of nitrogens with zero attached hydrogens (tertiary/aromatic N) is 3. The first-order valence-corrected chi connectivity index (χ1v) is 16.0. The molecule has 1 saturated heterocycles. The second kappa shape index (κ2) is 12.4. The lowest BCUT2D eigenvalue weighted by Gasteiger charge is -2.46. The molecule has 1 aliphatic carbocycles. The fraction of sp³-hybridized carbons (Fsp3) is 0.531. The van der Waals surface area contributed by atoms with Gasteiger partial charge in [0.05, 0.1) is 49.5 Å². The van der Waals surface area contributed by atoms with Crippen LogP contribution < -0.4 is 20.9 Å². The van der Waals surface area contributed by atoms with Gasteiger partial charge in [0, 0.05) is 38.1 Å². The van der Waals surface area contributed by atoms with Gasteiger partial charge in [-0.25, -0.2) is 4.98 Å². The molecule has 46 heavy (non-hydrogen) atoms. The smallest absolute Gasteiger partial charge is 0.386 e. The zero-order valence-electron chi connectivity index (χ0n) is 26.4. The number of amides is 2. The van der Waals surface area contributed by atoms with Gasteiger partial charge in [-0.2, -0.15) is 13.2 Å². The lowest BCUT2D eigenvalue weighted by atomic mass is 9.85. The number of benzene rings is 2. The van der Waals surface area contributed by atoms with Gasteiger partial charge in [-0.05, 0) is 56.4 Å². The molecule has 1 aromatic heterocycles. The van der Waals surface area contributed by atoms with E-state index in [9.17, 15) is 27.9 Å². The van der Waals surface area contributed by atoms with Gasteiger partial charge in [-0.3, -0.25) is 9.59 Å². The van der Waals surface area contributed by atoms with Crippen LogP contribution in [0.1, 0.15) is 69.3 Å². The fourth-order valence-corrected chi connectivity index (χ4v) is 6.49. The minimum Gasteiger partial charge on any atom is -0.386 e. The maximum atomic E-state index is 13.6. The van der Waals surface area contributed by atoms with Crippen LogP contribution in [-0.4, -0.2) is 57.4 Å². The summed E-state index contributed by atoms with van der Waals surface area (Å²) in [5.74, 6) is -1.49. The number of aryl methyl sites for hydroxylation is 1. The molecule has 0 atom stereocenters. The van der Waals surface area contributed by atoms with Crippen LogP contribution in [0, 0.1) is 11.3 Å². The van der Waals surface area contributed by atoms with Gasteiger partial charge in [0.25, 0.3) is 5.91 Å². The van der Waals surface area contributed by atoms with Crippen molar-refractivity contribution in [1.82, 2.24) is 20.2 Å². The molecule has 1 aliphatic heterocycles. The number of halogens is 5. The number of anilines is 3. The molecule has 14 heteroatoms. The molecule has 2 fully saturated rings. The van der Waals surface area contributed by atoms with Gasteiger partial charge < -0.3 is 30.5 Å². The van der Waals surface area contributed by atoms with Crippen LogP contribution in [0.2, 0.25) is 10.0 Å². The molecular weight excluding hydrogens is 644 g/mol. The Morgan fingerprint density at radius 2 is 1.74 bits per heavy atom. The molecule has 2 amide bonds. The van der Waals surface area contributed by atoms with Crippen molar-refractivity contribution in [1.29, 1.82) is 0 Å². The average molecular weight is 684 g/mol. The Hall–Kier alpha value is -3.22. The molecule has 3 aromatic rings. The number of imidazole rings is 1. The molecule has 1 saturated carbocycles. The van der Waals surface area contributed by atoms with E-state index in [2.05, 4.69) is 16.0 Å². The highest BCUT2D eigenvalue weighted by Crippen LogP contribution is 2.40. The zero-order chi connectivity index (χ0) is 33.8. The van der Waals surface area contributed by atoms with Crippen LogP contribution >= 0.6 is 23.2 Å². The number of rotatable bonds is 7. The standard InChI is InChI=1S/C32H39Cl2F3N6O3/c1-30(2,3)28(45)38-14-17-6-11-21(33)26(25(17)34)41-29-40-22-12-20(23(13-24(22)42(29)5)43-15-31(4,46)16-43)27(44)39-19-9-7-18(8-10-19)32(35,36)37/h6,11-13,18-19,46H,7-10,14-16H2,1-5H3,(H,38,45)(H,39,44)(H,40,41). The molecule has 9 nitrogen and oxygen atoms in total. The number of carbonyl (C=O) groups excluding carboxylic acids is 2. The van der Waals surface area contributed by atoms with Crippen molar-refractivity contribution >= 4 is 63.4 Å². The maximum Gasteiger partial charge on any atom is 0.391 e. The molecule has 2 aromatic carbocycles. The van der Waals surface area contributed by atoms with E-state index >= 15 is 0 Å². The molecule has 4 N–H and O–H groups in total. The Morgan fingerprint density at radius 3 is 2.33 bits per heavy atom. The van der Waals surface area contributed by atoms with Crippen molar-refractivity contribution in [2.45, 2.75) is 77.7 Å². The third-order valence-corrected chi connectivity index (χ3v) is 9.45. The normalized spacial score (nSPS) is 19.9. The highest BCUT2D eigenvalue weighted by molar-refractivity contribution is 6.39. The van der Waals surface area contributed by atoms with Gasteiger partial charge in [-0.1, -0.05) is 50.0 Å². The van der Waals surface area contributed by atoms with Crippen LogP contribution in [0.3, 0.4) is 0 Å². The quantitative estimate of drug-likeness (QED) is 0.221. The number of carbonyl (C=O) groups is 2. The van der Waals surface area contributed by atoms with Gasteiger partial charge >= 0.3 is 6.18 Å². The monoisotopic (exact) mass is 682 g/mol. The first-order chi connectivity index (χ1) is 21.3. The molecule has 0 bridgehead atoms. The molecular formula is C32H39Cl2F3N6O3. The second-order valence-corrected chi connectivity index (χ2v) is 14.5. The predicted octanol–water partition coefficient (Wildman–Crippen LogP) is 6.71. The van der Waals surface area contributed by atoms with Gasteiger partial charge in [0.1, 0.15) is 0 Å². The summed E-state index contributed by atoms with van der Waals surface area (Å²) in [7, 11) is 1.79. The Morgan fingerprint density at radius 1 is 1.09 bits per heavy atom. The Balaban J connectivity index is 1.42. The van der Waals surface area contributed by atoms with Crippen molar-refractivity contribution in [3.63, 3.8) is 0 Å². The minimum atomic E-state index is -4.23. The molecule has 5 rings (SSSR count). The van der Waals surface area contributed by atoms with E-state index in [-0.39, 0.29) is 44.2 Å². The van der Waals surface area contributed by atoms with E-state index < -0.39 is 29.0 Å². The Labute approximate surface area is 275 Å². The van der Waals surface area contributed by atoms with Crippen molar-refractivity contribution in [2.24, 2.45) is 18.4 Å². The highest BCUT2D eigenvalue weighted by atomic mass is 35.5. The molecule has 0 spiro atoms. The molecule has 250 valence electrons. The van der Waals surface area contributed by atoms with Crippen molar-refractivity contribution < 1.29 is 27.9 Å². The summed E-state index contributed by atoms with van der Waals surface area (Å²) in [4.78, 5) is 32.6. The third kappa shape index (κ3) is 7.18. The van der Waals surface area contributed by atoms with E-state index in [0.29, 0.717) is 62.6 Å². The van der Waals surface area contributed by atoms with Gasteiger partial charge in [0.15, 0.2) is 0 Å². The Bertz CT molecular complexity index is 1650. The summed E-state index contributed by atoms with van der Waals surface area (Å²) >= 11 is 13.3. The number of aliphatic hydroxyl groups is 1. The van der Waals surface area contributed by atoms with Crippen LogP contribution in [0.5, 0.6) is 0 Å².